The van der Waals surface area contributed by atoms with E-state index in [1.807, 2.05) is 37.3 Å². The number of rotatable bonds is 5. The lowest BCUT2D eigenvalue weighted by Crippen LogP contribution is -1.86. The summed E-state index contributed by atoms with van der Waals surface area (Å²) >= 11 is 0. The van der Waals surface area contributed by atoms with Crippen molar-refractivity contribution in [2.45, 2.75) is 20.5 Å². The van der Waals surface area contributed by atoms with Crippen LogP contribution in [0.4, 0.5) is 0 Å². The van der Waals surface area contributed by atoms with Crippen LogP contribution in [0.3, 0.4) is 0 Å². The van der Waals surface area contributed by atoms with E-state index in [0.29, 0.717) is 12.4 Å². The summed E-state index contributed by atoms with van der Waals surface area (Å²) in [5, 5.41) is 0. The summed E-state index contributed by atoms with van der Waals surface area (Å²) in [6.45, 7) is 3.88. The molecule has 0 bridgehead atoms. The van der Waals surface area contributed by atoms with Gasteiger partial charge in [0.05, 0.1) is 12.4 Å². The van der Waals surface area contributed by atoms with E-state index in [0.717, 1.165) is 5.56 Å². The lowest BCUT2D eigenvalue weighted by Gasteiger charge is -2.06. The van der Waals surface area contributed by atoms with Crippen LogP contribution in [0.15, 0.2) is 42.2 Å². The van der Waals surface area contributed by atoms with Gasteiger partial charge in [-0.2, -0.15) is 0 Å². The van der Waals surface area contributed by atoms with Crippen molar-refractivity contribution < 1.29 is 13.6 Å². The van der Waals surface area contributed by atoms with E-state index in [2.05, 4.69) is 0 Å². The summed E-state index contributed by atoms with van der Waals surface area (Å²) in [5.74, 6) is 0.618. The molecule has 3 nitrogen and oxygen atoms in total. The van der Waals surface area contributed by atoms with Crippen molar-refractivity contribution >= 4 is 8.25 Å². The minimum atomic E-state index is -2.42. The molecule has 0 aromatic heterocycles. The second-order valence-corrected chi connectivity index (χ2v) is 4.02. The minimum absolute atomic E-state index is 0.315. The first-order chi connectivity index (χ1) is 7.22. The first-order valence-electron chi connectivity index (χ1n) is 4.74. The molecule has 0 aliphatic carbocycles. The standard InChI is InChI=1S/C11H15O3P/c1-3-10(2)14-15(12)13-9-11-7-5-4-6-8-11/h3-8,15H,9H2,1-2H3/b10-3+. The average molecular weight is 226 g/mol. The van der Waals surface area contributed by atoms with Gasteiger partial charge in [-0.05, 0) is 25.5 Å². The van der Waals surface area contributed by atoms with E-state index in [9.17, 15) is 4.57 Å². The molecule has 4 heteroatoms. The molecule has 1 rings (SSSR count). The first-order valence-corrected chi connectivity index (χ1v) is 5.96. The second kappa shape index (κ2) is 6.44. The maximum absolute atomic E-state index is 11.3. The summed E-state index contributed by atoms with van der Waals surface area (Å²) in [7, 11) is -2.42. The average Bonchev–Trinajstić information content (AvgIpc) is 2.27. The highest BCUT2D eigenvalue weighted by Gasteiger charge is 2.00. The minimum Gasteiger partial charge on any atom is -0.431 e. The van der Waals surface area contributed by atoms with Crippen LogP contribution in [0.25, 0.3) is 0 Å². The van der Waals surface area contributed by atoms with E-state index in [-0.39, 0.29) is 0 Å². The summed E-state index contributed by atoms with van der Waals surface area (Å²) in [6.07, 6.45) is 1.74. The third kappa shape index (κ3) is 4.82. The molecule has 1 unspecified atom stereocenters. The van der Waals surface area contributed by atoms with Crippen molar-refractivity contribution in [2.24, 2.45) is 0 Å². The Morgan fingerprint density at radius 3 is 2.67 bits per heavy atom. The Morgan fingerprint density at radius 2 is 2.07 bits per heavy atom. The van der Waals surface area contributed by atoms with Crippen LogP contribution < -0.4 is 0 Å². The Morgan fingerprint density at radius 1 is 1.40 bits per heavy atom. The maximum atomic E-state index is 11.3. The molecule has 0 amide bonds. The smallest absolute Gasteiger partial charge is 0.367 e. The van der Waals surface area contributed by atoms with Crippen LogP contribution in [0.1, 0.15) is 19.4 Å². The third-order valence-corrected chi connectivity index (χ3v) is 2.72. The number of hydrogen-bond donors (Lipinski definition) is 0. The Bertz CT molecular complexity index is 346. The molecule has 0 aliphatic rings. The normalized spacial score (nSPS) is 13.6. The van der Waals surface area contributed by atoms with E-state index in [1.54, 1.807) is 13.0 Å². The van der Waals surface area contributed by atoms with Gasteiger partial charge in [0, 0.05) is 0 Å². The van der Waals surface area contributed by atoms with E-state index >= 15 is 0 Å². The Labute approximate surface area is 90.7 Å². The first kappa shape index (κ1) is 12.0. The summed E-state index contributed by atoms with van der Waals surface area (Å²) in [4.78, 5) is 0. The molecule has 0 spiro atoms. The Kier molecular flexibility index (Phi) is 5.16. The quantitative estimate of drug-likeness (QED) is 0.569. The van der Waals surface area contributed by atoms with Crippen molar-refractivity contribution in [3.63, 3.8) is 0 Å². The van der Waals surface area contributed by atoms with Crippen molar-refractivity contribution in [1.82, 2.24) is 0 Å². The second-order valence-electron chi connectivity index (χ2n) is 3.03. The summed E-state index contributed by atoms with van der Waals surface area (Å²) in [6, 6.07) is 9.57. The van der Waals surface area contributed by atoms with Gasteiger partial charge in [0.25, 0.3) is 0 Å². The van der Waals surface area contributed by atoms with Gasteiger partial charge in [0.1, 0.15) is 0 Å². The van der Waals surface area contributed by atoms with Crippen molar-refractivity contribution in [1.29, 1.82) is 0 Å². The highest BCUT2D eigenvalue weighted by atomic mass is 31.1. The summed E-state index contributed by atoms with van der Waals surface area (Å²) in [5.41, 5.74) is 0.984. The van der Waals surface area contributed by atoms with Crippen LogP contribution in [0.2, 0.25) is 0 Å². The zero-order valence-corrected chi connectivity index (χ0v) is 9.90. The fourth-order valence-corrected chi connectivity index (χ4v) is 1.66. The van der Waals surface area contributed by atoms with Crippen LogP contribution in [0, 0.1) is 0 Å². The monoisotopic (exact) mass is 226 g/mol. The molecule has 1 atom stereocenters. The van der Waals surface area contributed by atoms with Gasteiger partial charge in [0.15, 0.2) is 0 Å². The molecule has 0 heterocycles. The zero-order valence-electron chi connectivity index (χ0n) is 8.90. The molecule has 0 radical (unpaired) electrons. The van der Waals surface area contributed by atoms with Gasteiger partial charge in [-0.1, -0.05) is 30.3 Å². The fourth-order valence-electron chi connectivity index (χ4n) is 0.936. The van der Waals surface area contributed by atoms with E-state index in [1.165, 1.54) is 0 Å². The van der Waals surface area contributed by atoms with E-state index < -0.39 is 8.25 Å². The summed E-state index contributed by atoms with van der Waals surface area (Å²) < 4.78 is 21.4. The SMILES string of the molecule is C/C=C(\C)O[PH](=O)OCc1ccccc1. The van der Waals surface area contributed by atoms with Gasteiger partial charge in [0.2, 0.25) is 0 Å². The lowest BCUT2D eigenvalue weighted by atomic mass is 10.2. The van der Waals surface area contributed by atoms with Crippen LogP contribution in [0.5, 0.6) is 0 Å². The Balaban J connectivity index is 2.35. The molecule has 1 aromatic carbocycles. The topological polar surface area (TPSA) is 35.5 Å². The molecule has 15 heavy (non-hydrogen) atoms. The predicted octanol–water partition coefficient (Wildman–Crippen LogP) is 3.53. The lowest BCUT2D eigenvalue weighted by molar-refractivity contribution is 0.253. The number of hydrogen-bond acceptors (Lipinski definition) is 3. The Hall–Kier alpha value is -1.05. The number of benzene rings is 1. The van der Waals surface area contributed by atoms with Gasteiger partial charge >= 0.3 is 8.25 Å². The van der Waals surface area contributed by atoms with Gasteiger partial charge in [-0.15, -0.1) is 0 Å². The molecule has 0 fully saturated rings. The van der Waals surface area contributed by atoms with E-state index in [4.69, 9.17) is 9.05 Å². The molecule has 82 valence electrons. The third-order valence-electron chi connectivity index (χ3n) is 1.85. The molecule has 0 saturated heterocycles. The van der Waals surface area contributed by atoms with Gasteiger partial charge in [-0.3, -0.25) is 4.52 Å². The zero-order chi connectivity index (χ0) is 11.1. The molecule has 0 aliphatic heterocycles. The van der Waals surface area contributed by atoms with Crippen LogP contribution >= 0.6 is 8.25 Å². The largest absolute Gasteiger partial charge is 0.431 e. The van der Waals surface area contributed by atoms with Crippen LogP contribution in [-0.2, 0) is 20.2 Å². The molecule has 1 aromatic rings. The fraction of sp³-hybridized carbons (Fsp3) is 0.273. The predicted molar refractivity (Wildman–Crippen MR) is 60.7 cm³/mol. The highest BCUT2D eigenvalue weighted by Crippen LogP contribution is 2.28. The van der Waals surface area contributed by atoms with Gasteiger partial charge < -0.3 is 4.52 Å². The molecular weight excluding hydrogens is 211 g/mol. The van der Waals surface area contributed by atoms with Gasteiger partial charge in [-0.25, -0.2) is 4.57 Å². The van der Waals surface area contributed by atoms with Crippen molar-refractivity contribution in [3.05, 3.63) is 47.7 Å². The van der Waals surface area contributed by atoms with Crippen molar-refractivity contribution in [3.8, 4) is 0 Å². The molecule has 0 N–H and O–H groups in total. The molecule has 0 saturated carbocycles. The van der Waals surface area contributed by atoms with Crippen LogP contribution in [-0.4, -0.2) is 0 Å². The number of allylic oxidation sites excluding steroid dienone is 2. The van der Waals surface area contributed by atoms with Crippen molar-refractivity contribution in [2.75, 3.05) is 0 Å². The molecular formula is C11H15O3P. The highest BCUT2D eigenvalue weighted by molar-refractivity contribution is 7.33. The maximum Gasteiger partial charge on any atom is 0.367 e.